The predicted octanol–water partition coefficient (Wildman–Crippen LogP) is 3.88. The van der Waals surface area contributed by atoms with Crippen molar-refractivity contribution in [3.8, 4) is 11.5 Å². The number of hydrogen-bond acceptors (Lipinski definition) is 3. The maximum absolute atomic E-state index is 10.9. The van der Waals surface area contributed by atoms with Crippen LogP contribution in [-0.2, 0) is 0 Å². The van der Waals surface area contributed by atoms with Gasteiger partial charge in [0.1, 0.15) is 24.7 Å². The maximum Gasteiger partial charge on any atom is 0.153 e. The minimum atomic E-state index is 0.400. The Labute approximate surface area is 125 Å². The van der Waals surface area contributed by atoms with Gasteiger partial charge in [0.15, 0.2) is 6.29 Å². The van der Waals surface area contributed by atoms with Crippen molar-refractivity contribution < 1.29 is 14.3 Å². The minimum absolute atomic E-state index is 0.400. The smallest absolute Gasteiger partial charge is 0.153 e. The first kappa shape index (κ1) is 15.1. The van der Waals surface area contributed by atoms with E-state index in [0.29, 0.717) is 24.5 Å². The molecule has 0 amide bonds. The molecule has 0 bridgehead atoms. The summed E-state index contributed by atoms with van der Waals surface area (Å²) in [6, 6.07) is 11.3. The first-order chi connectivity index (χ1) is 10.1. The van der Waals surface area contributed by atoms with Crippen molar-refractivity contribution in [3.63, 3.8) is 0 Å². The zero-order valence-corrected chi connectivity index (χ0v) is 12.7. The fourth-order valence-corrected chi connectivity index (χ4v) is 2.16. The molecule has 0 aliphatic rings. The molecule has 0 spiro atoms. The van der Waals surface area contributed by atoms with E-state index in [1.54, 1.807) is 12.1 Å². The van der Waals surface area contributed by atoms with E-state index in [1.165, 1.54) is 11.1 Å². The lowest BCUT2D eigenvalue weighted by atomic mass is 10.1. The summed E-state index contributed by atoms with van der Waals surface area (Å²) >= 11 is 0. The van der Waals surface area contributed by atoms with Gasteiger partial charge in [0, 0.05) is 0 Å². The monoisotopic (exact) mass is 284 g/mol. The molecule has 0 unspecified atom stereocenters. The summed E-state index contributed by atoms with van der Waals surface area (Å²) in [5.41, 5.74) is 4.10. The number of para-hydroxylation sites is 1. The number of benzene rings is 2. The molecule has 0 N–H and O–H groups in total. The second kappa shape index (κ2) is 6.93. The summed E-state index contributed by atoms with van der Waals surface area (Å²) in [7, 11) is 0. The topological polar surface area (TPSA) is 35.5 Å². The molecule has 0 aliphatic heterocycles. The van der Waals surface area contributed by atoms with Gasteiger partial charge in [-0.15, -0.1) is 0 Å². The number of ether oxygens (including phenoxy) is 2. The molecule has 2 rings (SSSR count). The van der Waals surface area contributed by atoms with Crippen LogP contribution in [0.5, 0.6) is 11.5 Å². The van der Waals surface area contributed by atoms with E-state index in [2.05, 4.69) is 19.9 Å². The average molecular weight is 284 g/mol. The molecule has 0 atom stereocenters. The van der Waals surface area contributed by atoms with Crippen molar-refractivity contribution in [1.82, 2.24) is 0 Å². The lowest BCUT2D eigenvalue weighted by molar-refractivity contribution is 0.111. The number of rotatable bonds is 6. The number of carbonyl (C=O) groups is 1. The normalized spacial score (nSPS) is 10.2. The Balaban J connectivity index is 1.92. The third kappa shape index (κ3) is 3.85. The van der Waals surface area contributed by atoms with E-state index in [-0.39, 0.29) is 0 Å². The molecule has 3 heteroatoms. The highest BCUT2D eigenvalue weighted by molar-refractivity contribution is 5.79. The first-order valence-corrected chi connectivity index (χ1v) is 6.99. The Morgan fingerprint density at radius 2 is 1.62 bits per heavy atom. The van der Waals surface area contributed by atoms with Crippen LogP contribution in [0.2, 0.25) is 0 Å². The van der Waals surface area contributed by atoms with Crippen molar-refractivity contribution in [2.24, 2.45) is 0 Å². The van der Waals surface area contributed by atoms with E-state index >= 15 is 0 Å². The van der Waals surface area contributed by atoms with Gasteiger partial charge < -0.3 is 9.47 Å². The van der Waals surface area contributed by atoms with Crippen molar-refractivity contribution in [2.75, 3.05) is 13.2 Å². The molecule has 0 saturated heterocycles. The van der Waals surface area contributed by atoms with Crippen molar-refractivity contribution >= 4 is 6.29 Å². The van der Waals surface area contributed by atoms with E-state index in [9.17, 15) is 4.79 Å². The second-order valence-electron chi connectivity index (χ2n) is 5.06. The summed E-state index contributed by atoms with van der Waals surface area (Å²) in [5.74, 6) is 1.48. The van der Waals surface area contributed by atoms with Crippen LogP contribution in [0.3, 0.4) is 0 Å². The Morgan fingerprint density at radius 3 is 2.33 bits per heavy atom. The zero-order chi connectivity index (χ0) is 15.2. The Morgan fingerprint density at radius 1 is 0.952 bits per heavy atom. The third-order valence-corrected chi connectivity index (χ3v) is 3.41. The highest BCUT2D eigenvalue weighted by Crippen LogP contribution is 2.23. The zero-order valence-electron chi connectivity index (χ0n) is 12.7. The van der Waals surface area contributed by atoms with Gasteiger partial charge in [-0.1, -0.05) is 18.2 Å². The lowest BCUT2D eigenvalue weighted by Crippen LogP contribution is -2.10. The summed E-state index contributed by atoms with van der Waals surface area (Å²) in [4.78, 5) is 10.9. The molecule has 110 valence electrons. The molecular formula is C18H20O3. The maximum atomic E-state index is 10.9. The van der Waals surface area contributed by atoms with Gasteiger partial charge in [-0.05, 0) is 55.7 Å². The van der Waals surface area contributed by atoms with Crippen LogP contribution in [0.25, 0.3) is 0 Å². The van der Waals surface area contributed by atoms with Crippen LogP contribution in [0.15, 0.2) is 36.4 Å². The van der Waals surface area contributed by atoms with Crippen LogP contribution in [0.4, 0.5) is 0 Å². The van der Waals surface area contributed by atoms with Gasteiger partial charge in [0.2, 0.25) is 0 Å². The van der Waals surface area contributed by atoms with Crippen LogP contribution in [0.1, 0.15) is 27.0 Å². The van der Waals surface area contributed by atoms with Crippen LogP contribution in [0, 0.1) is 20.8 Å². The molecule has 0 aromatic heterocycles. The fourth-order valence-electron chi connectivity index (χ4n) is 2.16. The SMILES string of the molecule is Cc1cc(C)c(C)c(OCCOc2ccccc2C=O)c1. The first-order valence-electron chi connectivity index (χ1n) is 6.99. The van der Waals surface area contributed by atoms with Crippen molar-refractivity contribution in [3.05, 3.63) is 58.7 Å². The summed E-state index contributed by atoms with van der Waals surface area (Å²) < 4.78 is 11.4. The summed E-state index contributed by atoms with van der Waals surface area (Å²) in [5, 5.41) is 0. The minimum Gasteiger partial charge on any atom is -0.490 e. The van der Waals surface area contributed by atoms with Crippen LogP contribution >= 0.6 is 0 Å². The molecule has 0 radical (unpaired) electrons. The Bertz CT molecular complexity index is 632. The lowest BCUT2D eigenvalue weighted by Gasteiger charge is -2.13. The van der Waals surface area contributed by atoms with Gasteiger partial charge in [0.25, 0.3) is 0 Å². The summed E-state index contributed by atoms with van der Waals surface area (Å²) in [6.07, 6.45) is 0.796. The number of hydrogen-bond donors (Lipinski definition) is 0. The van der Waals surface area contributed by atoms with Gasteiger partial charge in [-0.2, -0.15) is 0 Å². The molecular weight excluding hydrogens is 264 g/mol. The molecule has 0 aliphatic carbocycles. The molecule has 0 fully saturated rings. The number of aldehydes is 1. The summed E-state index contributed by atoms with van der Waals surface area (Å²) in [6.45, 7) is 7.02. The highest BCUT2D eigenvalue weighted by atomic mass is 16.5. The average Bonchev–Trinajstić information content (AvgIpc) is 2.48. The van der Waals surface area contributed by atoms with Gasteiger partial charge in [-0.3, -0.25) is 4.79 Å². The Hall–Kier alpha value is -2.29. The Kier molecular flexibility index (Phi) is 4.99. The largest absolute Gasteiger partial charge is 0.490 e. The molecule has 3 nitrogen and oxygen atoms in total. The van der Waals surface area contributed by atoms with Crippen LogP contribution < -0.4 is 9.47 Å². The fraction of sp³-hybridized carbons (Fsp3) is 0.278. The second-order valence-corrected chi connectivity index (χ2v) is 5.06. The van der Waals surface area contributed by atoms with E-state index in [4.69, 9.17) is 9.47 Å². The molecule has 0 saturated carbocycles. The van der Waals surface area contributed by atoms with E-state index in [1.807, 2.05) is 25.1 Å². The van der Waals surface area contributed by atoms with Gasteiger partial charge in [-0.25, -0.2) is 0 Å². The van der Waals surface area contributed by atoms with Crippen molar-refractivity contribution in [1.29, 1.82) is 0 Å². The van der Waals surface area contributed by atoms with Gasteiger partial charge in [0.05, 0.1) is 5.56 Å². The van der Waals surface area contributed by atoms with E-state index in [0.717, 1.165) is 17.6 Å². The highest BCUT2D eigenvalue weighted by Gasteiger charge is 2.05. The van der Waals surface area contributed by atoms with Gasteiger partial charge >= 0.3 is 0 Å². The van der Waals surface area contributed by atoms with Crippen molar-refractivity contribution in [2.45, 2.75) is 20.8 Å². The van der Waals surface area contributed by atoms with Crippen LogP contribution in [-0.4, -0.2) is 19.5 Å². The molecule has 0 heterocycles. The quantitative estimate of drug-likeness (QED) is 0.596. The van der Waals surface area contributed by atoms with E-state index < -0.39 is 0 Å². The molecule has 2 aromatic rings. The number of carbonyl (C=O) groups excluding carboxylic acids is 1. The molecule has 21 heavy (non-hydrogen) atoms. The third-order valence-electron chi connectivity index (χ3n) is 3.41. The molecule has 2 aromatic carbocycles. The standard InChI is InChI=1S/C18H20O3/c1-13-10-14(2)15(3)18(11-13)21-9-8-20-17-7-5-4-6-16(17)12-19/h4-7,10-12H,8-9H2,1-3H3. The number of aryl methyl sites for hydroxylation is 2. The predicted molar refractivity (Wildman–Crippen MR) is 83.5 cm³/mol.